The second kappa shape index (κ2) is 5.98. The zero-order valence-corrected chi connectivity index (χ0v) is 13.0. The van der Waals surface area contributed by atoms with E-state index < -0.39 is 17.5 Å². The average Bonchev–Trinajstić information content (AvgIpc) is 2.76. The number of amides is 4. The van der Waals surface area contributed by atoms with E-state index in [1.54, 1.807) is 18.3 Å². The maximum atomic E-state index is 12.7. The molecular weight excluding hydrogens is 296 g/mol. The van der Waals surface area contributed by atoms with Crippen molar-refractivity contribution in [3.63, 3.8) is 0 Å². The first kappa shape index (κ1) is 15.5. The van der Waals surface area contributed by atoms with Gasteiger partial charge in [0.05, 0.1) is 11.9 Å². The van der Waals surface area contributed by atoms with Crippen molar-refractivity contribution in [2.24, 2.45) is 5.92 Å². The van der Waals surface area contributed by atoms with E-state index in [-0.39, 0.29) is 18.4 Å². The molecule has 3 rings (SSSR count). The summed E-state index contributed by atoms with van der Waals surface area (Å²) in [4.78, 5) is 42.0. The summed E-state index contributed by atoms with van der Waals surface area (Å²) in [5, 5.41) is 5.47. The molecular formula is C16H20N4O3. The predicted molar refractivity (Wildman–Crippen MR) is 83.5 cm³/mol. The average molecular weight is 316 g/mol. The molecule has 23 heavy (non-hydrogen) atoms. The summed E-state index contributed by atoms with van der Waals surface area (Å²) < 4.78 is 0. The first-order valence-electron chi connectivity index (χ1n) is 7.87. The molecule has 4 amide bonds. The molecule has 0 bridgehead atoms. The molecule has 1 aliphatic carbocycles. The molecule has 1 spiro atoms. The van der Waals surface area contributed by atoms with Crippen LogP contribution >= 0.6 is 0 Å². The summed E-state index contributed by atoms with van der Waals surface area (Å²) in [6, 6.07) is 2.91. The van der Waals surface area contributed by atoms with Crippen LogP contribution in [0.25, 0.3) is 0 Å². The van der Waals surface area contributed by atoms with Crippen LogP contribution in [0.15, 0.2) is 24.5 Å². The van der Waals surface area contributed by atoms with Gasteiger partial charge in [-0.05, 0) is 30.9 Å². The number of nitrogens with one attached hydrogen (secondary N) is 2. The van der Waals surface area contributed by atoms with E-state index in [1.807, 2.05) is 6.92 Å². The molecule has 2 N–H and O–H groups in total. The Morgan fingerprint density at radius 2 is 2.30 bits per heavy atom. The van der Waals surface area contributed by atoms with E-state index in [4.69, 9.17) is 0 Å². The van der Waals surface area contributed by atoms with Crippen LogP contribution in [0.5, 0.6) is 0 Å². The fraction of sp³-hybridized carbons (Fsp3) is 0.500. The number of carbonyl (C=O) groups excluding carboxylic acids is 3. The van der Waals surface area contributed by atoms with E-state index >= 15 is 0 Å². The van der Waals surface area contributed by atoms with Gasteiger partial charge in [-0.25, -0.2) is 4.79 Å². The van der Waals surface area contributed by atoms with Gasteiger partial charge in [0, 0.05) is 6.20 Å². The van der Waals surface area contributed by atoms with Crippen molar-refractivity contribution < 1.29 is 14.4 Å². The highest BCUT2D eigenvalue weighted by Crippen LogP contribution is 2.38. The lowest BCUT2D eigenvalue weighted by Crippen LogP contribution is -2.54. The number of aromatic nitrogens is 1. The highest BCUT2D eigenvalue weighted by molar-refractivity contribution is 6.10. The topological polar surface area (TPSA) is 91.4 Å². The number of hydrogen-bond acceptors (Lipinski definition) is 4. The minimum absolute atomic E-state index is 0.0825. The fourth-order valence-corrected chi connectivity index (χ4v) is 3.42. The van der Waals surface area contributed by atoms with Gasteiger partial charge in [-0.1, -0.05) is 19.8 Å². The standard InChI is InChI=1S/C16H20N4O3/c1-11-5-2-3-7-16(11)14(22)20(15(23)19-16)10-13(21)18-12-6-4-8-17-9-12/h4,6,8-9,11H,2-3,5,7,10H2,1H3,(H,18,21)(H,19,23)/t11-,16-/m1/s1. The molecule has 1 aromatic rings. The Morgan fingerprint density at radius 3 is 3.00 bits per heavy atom. The van der Waals surface area contributed by atoms with E-state index in [0.717, 1.165) is 24.2 Å². The number of pyridine rings is 1. The summed E-state index contributed by atoms with van der Waals surface area (Å²) in [5.74, 6) is -0.614. The monoisotopic (exact) mass is 316 g/mol. The number of nitrogens with zero attached hydrogens (tertiary/aromatic N) is 2. The summed E-state index contributed by atoms with van der Waals surface area (Å²) in [6.07, 6.45) is 6.62. The molecule has 0 radical (unpaired) electrons. The zero-order chi connectivity index (χ0) is 16.4. The smallest absolute Gasteiger partial charge is 0.323 e. The van der Waals surface area contributed by atoms with Crippen LogP contribution in [0.2, 0.25) is 0 Å². The maximum absolute atomic E-state index is 12.7. The first-order valence-corrected chi connectivity index (χ1v) is 7.87. The minimum Gasteiger partial charge on any atom is -0.323 e. The second-order valence-corrected chi connectivity index (χ2v) is 6.23. The van der Waals surface area contributed by atoms with E-state index in [9.17, 15) is 14.4 Å². The molecule has 2 heterocycles. The van der Waals surface area contributed by atoms with Gasteiger partial charge in [0.15, 0.2) is 0 Å². The molecule has 2 fully saturated rings. The molecule has 1 aliphatic heterocycles. The predicted octanol–water partition coefficient (Wildman–Crippen LogP) is 1.52. The minimum atomic E-state index is -0.829. The molecule has 7 heteroatoms. The summed E-state index contributed by atoms with van der Waals surface area (Å²) in [6.45, 7) is 1.70. The SMILES string of the molecule is C[C@@H]1CCCC[C@@]12NC(=O)N(CC(=O)Nc1cccnc1)C2=O. The van der Waals surface area contributed by atoms with Crippen molar-refractivity contribution in [3.05, 3.63) is 24.5 Å². The van der Waals surface area contributed by atoms with Crippen LogP contribution < -0.4 is 10.6 Å². The van der Waals surface area contributed by atoms with Crippen LogP contribution in [-0.2, 0) is 9.59 Å². The van der Waals surface area contributed by atoms with Crippen molar-refractivity contribution in [1.82, 2.24) is 15.2 Å². The normalized spacial score (nSPS) is 27.2. The molecule has 1 saturated heterocycles. The maximum Gasteiger partial charge on any atom is 0.325 e. The van der Waals surface area contributed by atoms with Crippen LogP contribution in [0.1, 0.15) is 32.6 Å². The van der Waals surface area contributed by atoms with Crippen molar-refractivity contribution in [2.75, 3.05) is 11.9 Å². The number of anilines is 1. The van der Waals surface area contributed by atoms with Crippen molar-refractivity contribution in [3.8, 4) is 0 Å². The highest BCUT2D eigenvalue weighted by atomic mass is 16.2. The number of imide groups is 1. The second-order valence-electron chi connectivity index (χ2n) is 6.23. The third-order valence-electron chi connectivity index (χ3n) is 4.75. The molecule has 0 unspecified atom stereocenters. The third-order valence-corrected chi connectivity index (χ3v) is 4.75. The summed E-state index contributed by atoms with van der Waals surface area (Å²) >= 11 is 0. The van der Waals surface area contributed by atoms with Crippen molar-refractivity contribution in [1.29, 1.82) is 0 Å². The van der Waals surface area contributed by atoms with Gasteiger partial charge in [0.1, 0.15) is 12.1 Å². The Labute approximate surface area is 134 Å². The van der Waals surface area contributed by atoms with Crippen molar-refractivity contribution >= 4 is 23.5 Å². The quantitative estimate of drug-likeness (QED) is 0.827. The zero-order valence-electron chi connectivity index (χ0n) is 13.0. The van der Waals surface area contributed by atoms with Crippen LogP contribution in [0.4, 0.5) is 10.5 Å². The number of carbonyl (C=O) groups is 3. The van der Waals surface area contributed by atoms with E-state index in [2.05, 4.69) is 15.6 Å². The van der Waals surface area contributed by atoms with Crippen molar-refractivity contribution in [2.45, 2.75) is 38.1 Å². The third kappa shape index (κ3) is 2.78. The van der Waals surface area contributed by atoms with Crippen LogP contribution in [-0.4, -0.2) is 39.8 Å². The van der Waals surface area contributed by atoms with Gasteiger partial charge in [0.2, 0.25) is 5.91 Å². The molecule has 122 valence electrons. The van der Waals surface area contributed by atoms with Gasteiger partial charge < -0.3 is 10.6 Å². The number of rotatable bonds is 3. The largest absolute Gasteiger partial charge is 0.325 e. The summed E-state index contributed by atoms with van der Waals surface area (Å²) in [5.41, 5.74) is -0.297. The Bertz CT molecular complexity index is 633. The Morgan fingerprint density at radius 1 is 1.48 bits per heavy atom. The van der Waals surface area contributed by atoms with Gasteiger partial charge in [-0.3, -0.25) is 19.5 Å². The first-order chi connectivity index (χ1) is 11.0. The van der Waals surface area contributed by atoms with Gasteiger partial charge in [-0.15, -0.1) is 0 Å². The lowest BCUT2D eigenvalue weighted by Gasteiger charge is -2.36. The van der Waals surface area contributed by atoms with E-state index in [1.165, 1.54) is 6.20 Å². The molecule has 7 nitrogen and oxygen atoms in total. The number of urea groups is 1. The molecule has 2 aliphatic rings. The fourth-order valence-electron chi connectivity index (χ4n) is 3.42. The van der Waals surface area contributed by atoms with Gasteiger partial charge in [0.25, 0.3) is 5.91 Å². The lowest BCUT2D eigenvalue weighted by atomic mass is 9.73. The molecule has 2 atom stereocenters. The van der Waals surface area contributed by atoms with Crippen LogP contribution in [0, 0.1) is 5.92 Å². The molecule has 0 aromatic carbocycles. The lowest BCUT2D eigenvalue weighted by molar-refractivity contribution is -0.136. The van der Waals surface area contributed by atoms with Gasteiger partial charge in [-0.2, -0.15) is 0 Å². The highest BCUT2D eigenvalue weighted by Gasteiger charge is 2.55. The summed E-state index contributed by atoms with van der Waals surface area (Å²) in [7, 11) is 0. The van der Waals surface area contributed by atoms with E-state index in [0.29, 0.717) is 12.1 Å². The van der Waals surface area contributed by atoms with Gasteiger partial charge >= 0.3 is 6.03 Å². The van der Waals surface area contributed by atoms with Crippen LogP contribution in [0.3, 0.4) is 0 Å². The Kier molecular flexibility index (Phi) is 4.02. The Balaban J connectivity index is 1.69. The number of hydrogen-bond donors (Lipinski definition) is 2. The Hall–Kier alpha value is -2.44. The molecule has 1 saturated carbocycles. The molecule has 1 aromatic heterocycles.